The smallest absolute Gasteiger partial charge is 0.331 e. The Morgan fingerprint density at radius 2 is 1.46 bits per heavy atom. The summed E-state index contributed by atoms with van der Waals surface area (Å²) in [5.74, 6) is -1.15. The molecule has 4 nitrogen and oxygen atoms in total. The zero-order valence-electron chi connectivity index (χ0n) is 18.1. The second-order valence-electron chi connectivity index (χ2n) is 7.36. The molecule has 0 aromatic heterocycles. The van der Waals surface area contributed by atoms with Gasteiger partial charge in [-0.1, -0.05) is 76.8 Å². The van der Waals surface area contributed by atoms with E-state index in [4.69, 9.17) is 10.5 Å². The number of allylic oxidation sites excluding steroid dienone is 4. The van der Waals surface area contributed by atoms with E-state index in [1.54, 1.807) is 0 Å². The fourth-order valence-corrected chi connectivity index (χ4v) is 3.21. The third kappa shape index (κ3) is 12.5. The van der Waals surface area contributed by atoms with Crippen molar-refractivity contribution in [1.82, 2.24) is 0 Å². The van der Waals surface area contributed by atoms with Gasteiger partial charge in [-0.2, -0.15) is 0 Å². The van der Waals surface area contributed by atoms with Crippen molar-refractivity contribution in [3.8, 4) is 0 Å². The number of hydrogen-bond acceptors (Lipinski definition) is 3. The molecule has 160 valence electrons. The summed E-state index contributed by atoms with van der Waals surface area (Å²) in [6.45, 7) is 7.58. The van der Waals surface area contributed by atoms with Crippen LogP contribution in [0.1, 0.15) is 97.3 Å². The molecule has 0 saturated carbocycles. The van der Waals surface area contributed by atoms with Gasteiger partial charge in [0.25, 0.3) is 5.91 Å². The van der Waals surface area contributed by atoms with E-state index in [1.165, 1.54) is 25.7 Å². The standard InChI is InChI=1S/C24H41NO3/c1-4-7-8-9-10-11-12-13-14-15-16-17-18-19-21-24(20-5-2,23(25)27)28-22(26)6-3/h6,10-11,13-14H,3-5,7-9,12,15-21H2,1-2H3,(H2,25,27)/b11-10-,14-13-. The molecular formula is C24H41NO3. The highest BCUT2D eigenvalue weighted by molar-refractivity contribution is 5.89. The maximum absolute atomic E-state index is 11.9. The predicted octanol–water partition coefficient (Wildman–Crippen LogP) is 6.16. The highest BCUT2D eigenvalue weighted by Gasteiger charge is 2.38. The Morgan fingerprint density at radius 1 is 0.857 bits per heavy atom. The summed E-state index contributed by atoms with van der Waals surface area (Å²) in [5.41, 5.74) is 4.36. The lowest BCUT2D eigenvalue weighted by atomic mass is 9.90. The second kappa shape index (κ2) is 17.3. The summed E-state index contributed by atoms with van der Waals surface area (Å²) in [7, 11) is 0. The second-order valence-corrected chi connectivity index (χ2v) is 7.36. The molecule has 1 atom stereocenters. The minimum atomic E-state index is -1.19. The minimum absolute atomic E-state index is 0.455. The van der Waals surface area contributed by atoms with Gasteiger partial charge in [0.05, 0.1) is 0 Å². The fourth-order valence-electron chi connectivity index (χ4n) is 3.21. The molecule has 1 unspecified atom stereocenters. The first-order valence-electron chi connectivity index (χ1n) is 11.0. The van der Waals surface area contributed by atoms with Gasteiger partial charge in [-0.25, -0.2) is 4.79 Å². The summed E-state index contributed by atoms with van der Waals surface area (Å²) in [6, 6.07) is 0. The Kier molecular flexibility index (Phi) is 16.1. The van der Waals surface area contributed by atoms with E-state index in [2.05, 4.69) is 37.8 Å². The van der Waals surface area contributed by atoms with Gasteiger partial charge < -0.3 is 10.5 Å². The van der Waals surface area contributed by atoms with Gasteiger partial charge in [0.15, 0.2) is 5.60 Å². The van der Waals surface area contributed by atoms with E-state index in [0.29, 0.717) is 12.8 Å². The molecule has 0 aliphatic carbocycles. The van der Waals surface area contributed by atoms with Crippen molar-refractivity contribution in [2.24, 2.45) is 5.73 Å². The van der Waals surface area contributed by atoms with Crippen LogP contribution in [0.15, 0.2) is 37.0 Å². The molecule has 28 heavy (non-hydrogen) atoms. The number of carbonyl (C=O) groups is 2. The summed E-state index contributed by atoms with van der Waals surface area (Å²) in [4.78, 5) is 23.5. The molecule has 0 aliphatic heterocycles. The number of nitrogens with two attached hydrogens (primary N) is 1. The zero-order chi connectivity index (χ0) is 21.1. The van der Waals surface area contributed by atoms with Crippen LogP contribution in [-0.4, -0.2) is 17.5 Å². The number of carbonyl (C=O) groups excluding carboxylic acids is 2. The number of esters is 1. The topological polar surface area (TPSA) is 69.4 Å². The molecule has 0 heterocycles. The third-order valence-electron chi connectivity index (χ3n) is 4.85. The zero-order valence-corrected chi connectivity index (χ0v) is 18.1. The maximum Gasteiger partial charge on any atom is 0.331 e. The molecule has 0 fully saturated rings. The summed E-state index contributed by atoms with van der Waals surface area (Å²) < 4.78 is 5.35. The highest BCUT2D eigenvalue weighted by atomic mass is 16.6. The van der Waals surface area contributed by atoms with Gasteiger partial charge in [0.2, 0.25) is 0 Å². The van der Waals surface area contributed by atoms with E-state index in [1.807, 2.05) is 6.92 Å². The first-order valence-corrected chi connectivity index (χ1v) is 11.0. The Labute approximate surface area is 172 Å². The SMILES string of the molecule is C=CC(=O)OC(CCC)(CCCCCC/C=C\C/C=C\CCCCC)C(N)=O. The minimum Gasteiger partial charge on any atom is -0.446 e. The molecule has 0 radical (unpaired) electrons. The van der Waals surface area contributed by atoms with E-state index in [-0.39, 0.29) is 0 Å². The van der Waals surface area contributed by atoms with Gasteiger partial charge in [-0.3, -0.25) is 4.79 Å². The highest BCUT2D eigenvalue weighted by Crippen LogP contribution is 2.26. The van der Waals surface area contributed by atoms with Gasteiger partial charge in [-0.15, -0.1) is 0 Å². The number of rotatable bonds is 18. The predicted molar refractivity (Wildman–Crippen MR) is 118 cm³/mol. The van der Waals surface area contributed by atoms with Gasteiger partial charge >= 0.3 is 5.97 Å². The number of hydrogen-bond donors (Lipinski definition) is 1. The Balaban J connectivity index is 4.01. The number of primary amides is 1. The van der Waals surface area contributed by atoms with Crippen molar-refractivity contribution < 1.29 is 14.3 Å². The first kappa shape index (κ1) is 26.2. The first-order chi connectivity index (χ1) is 13.5. The van der Waals surface area contributed by atoms with E-state index in [0.717, 1.165) is 51.0 Å². The molecule has 0 spiro atoms. The molecule has 0 aromatic rings. The molecule has 2 N–H and O–H groups in total. The van der Waals surface area contributed by atoms with Crippen LogP contribution in [0.2, 0.25) is 0 Å². The van der Waals surface area contributed by atoms with Crippen LogP contribution in [0.4, 0.5) is 0 Å². The molecule has 0 rings (SSSR count). The monoisotopic (exact) mass is 391 g/mol. The fraction of sp³-hybridized carbons (Fsp3) is 0.667. The van der Waals surface area contributed by atoms with Crippen LogP contribution in [-0.2, 0) is 14.3 Å². The molecule has 1 amide bonds. The van der Waals surface area contributed by atoms with Gasteiger partial charge in [-0.05, 0) is 51.4 Å². The molecule has 0 aliphatic rings. The van der Waals surface area contributed by atoms with Crippen molar-refractivity contribution in [3.63, 3.8) is 0 Å². The van der Waals surface area contributed by atoms with E-state index < -0.39 is 17.5 Å². The Hall–Kier alpha value is -1.84. The molecular weight excluding hydrogens is 350 g/mol. The van der Waals surface area contributed by atoms with Crippen LogP contribution < -0.4 is 5.73 Å². The molecule has 0 saturated heterocycles. The van der Waals surface area contributed by atoms with Gasteiger partial charge in [0, 0.05) is 6.08 Å². The van der Waals surface area contributed by atoms with E-state index in [9.17, 15) is 9.59 Å². The van der Waals surface area contributed by atoms with Crippen LogP contribution >= 0.6 is 0 Å². The number of unbranched alkanes of at least 4 members (excludes halogenated alkanes) is 7. The lowest BCUT2D eigenvalue weighted by molar-refractivity contribution is -0.164. The van der Waals surface area contributed by atoms with Crippen molar-refractivity contribution in [2.45, 2.75) is 103 Å². The third-order valence-corrected chi connectivity index (χ3v) is 4.85. The lowest BCUT2D eigenvalue weighted by Gasteiger charge is -2.29. The van der Waals surface area contributed by atoms with E-state index >= 15 is 0 Å². The lowest BCUT2D eigenvalue weighted by Crippen LogP contribution is -2.47. The van der Waals surface area contributed by atoms with Crippen molar-refractivity contribution in [3.05, 3.63) is 37.0 Å². The summed E-state index contributed by atoms with van der Waals surface area (Å²) in [5, 5.41) is 0. The van der Waals surface area contributed by atoms with Crippen LogP contribution in [0, 0.1) is 0 Å². The van der Waals surface area contributed by atoms with Crippen molar-refractivity contribution >= 4 is 11.9 Å². The number of ether oxygens (including phenoxy) is 1. The van der Waals surface area contributed by atoms with Crippen LogP contribution in [0.3, 0.4) is 0 Å². The molecule has 4 heteroatoms. The van der Waals surface area contributed by atoms with Crippen molar-refractivity contribution in [1.29, 1.82) is 0 Å². The van der Waals surface area contributed by atoms with Crippen LogP contribution in [0.25, 0.3) is 0 Å². The average Bonchev–Trinajstić information content (AvgIpc) is 2.67. The summed E-state index contributed by atoms with van der Waals surface area (Å²) >= 11 is 0. The van der Waals surface area contributed by atoms with Crippen molar-refractivity contribution in [2.75, 3.05) is 0 Å². The average molecular weight is 392 g/mol. The van der Waals surface area contributed by atoms with Crippen LogP contribution in [0.5, 0.6) is 0 Å². The summed E-state index contributed by atoms with van der Waals surface area (Å²) in [6.07, 6.45) is 22.9. The molecule has 0 bridgehead atoms. The van der Waals surface area contributed by atoms with Gasteiger partial charge in [0.1, 0.15) is 0 Å². The Morgan fingerprint density at radius 3 is 2.00 bits per heavy atom. The normalized spacial score (nSPS) is 13.6. The number of amides is 1. The quantitative estimate of drug-likeness (QED) is 0.132. The Bertz CT molecular complexity index is 496. The largest absolute Gasteiger partial charge is 0.446 e. The molecule has 0 aromatic carbocycles. The maximum atomic E-state index is 11.9.